The van der Waals surface area contributed by atoms with Crippen LogP contribution in [-0.4, -0.2) is 45.9 Å². The maximum Gasteiger partial charge on any atom is 0.199 e. The highest BCUT2D eigenvalue weighted by molar-refractivity contribution is 9.10. The van der Waals surface area contributed by atoms with Crippen molar-refractivity contribution in [3.05, 3.63) is 20.8 Å². The van der Waals surface area contributed by atoms with Crippen LogP contribution in [0.2, 0.25) is 0 Å². The summed E-state index contributed by atoms with van der Waals surface area (Å²) in [4.78, 5) is 12.4. The van der Waals surface area contributed by atoms with Crippen molar-refractivity contribution in [2.45, 2.75) is 6.42 Å². The third kappa shape index (κ3) is 6.06. The maximum atomic E-state index is 11.7. The molecule has 0 atom stereocenters. The van der Waals surface area contributed by atoms with Gasteiger partial charge in [-0.2, -0.15) is 0 Å². The molecule has 0 N–H and O–H groups in total. The standard InChI is InChI=1S/C12H17BrO4S/c1-15-4-2-5-16-6-7-17-9-11(14)12-10(13)3-8-18-12/h3,8H,2,4-7,9H2,1H3. The van der Waals surface area contributed by atoms with Crippen molar-refractivity contribution in [2.24, 2.45) is 0 Å². The molecule has 1 heterocycles. The number of Topliss-reactive ketones (excluding diaryl/α,β-unsaturated/α-hetero) is 1. The van der Waals surface area contributed by atoms with Crippen LogP contribution in [0.4, 0.5) is 0 Å². The number of rotatable bonds is 10. The molecular formula is C12H17BrO4S. The average Bonchev–Trinajstić information content (AvgIpc) is 2.79. The van der Waals surface area contributed by atoms with Crippen LogP contribution < -0.4 is 0 Å². The molecule has 0 saturated carbocycles. The molecule has 0 aromatic carbocycles. The molecule has 0 radical (unpaired) electrons. The summed E-state index contributed by atoms with van der Waals surface area (Å²) in [7, 11) is 1.66. The van der Waals surface area contributed by atoms with Crippen LogP contribution in [0.1, 0.15) is 16.1 Å². The second kappa shape index (κ2) is 9.63. The predicted octanol–water partition coefficient (Wildman–Crippen LogP) is 2.76. The third-order valence-corrected chi connectivity index (χ3v) is 3.99. The number of ketones is 1. The van der Waals surface area contributed by atoms with E-state index in [4.69, 9.17) is 14.2 Å². The number of hydrogen-bond donors (Lipinski definition) is 0. The molecule has 0 unspecified atom stereocenters. The van der Waals surface area contributed by atoms with E-state index < -0.39 is 0 Å². The SMILES string of the molecule is COCCCOCCOCC(=O)c1sccc1Br. The molecular weight excluding hydrogens is 320 g/mol. The highest BCUT2D eigenvalue weighted by atomic mass is 79.9. The van der Waals surface area contributed by atoms with Crippen LogP contribution in [0.15, 0.2) is 15.9 Å². The van der Waals surface area contributed by atoms with E-state index in [1.165, 1.54) is 11.3 Å². The van der Waals surface area contributed by atoms with Crippen LogP contribution in [0, 0.1) is 0 Å². The predicted molar refractivity (Wildman–Crippen MR) is 74.5 cm³/mol. The summed E-state index contributed by atoms with van der Waals surface area (Å²) in [6, 6.07) is 1.86. The molecule has 0 amide bonds. The Morgan fingerprint density at radius 1 is 1.28 bits per heavy atom. The number of ether oxygens (including phenoxy) is 3. The highest BCUT2D eigenvalue weighted by Crippen LogP contribution is 2.22. The van der Waals surface area contributed by atoms with Gasteiger partial charge in [0.25, 0.3) is 0 Å². The molecule has 0 fully saturated rings. The van der Waals surface area contributed by atoms with Crippen LogP contribution >= 0.6 is 27.3 Å². The molecule has 0 bridgehead atoms. The topological polar surface area (TPSA) is 44.8 Å². The van der Waals surface area contributed by atoms with Gasteiger partial charge in [0.1, 0.15) is 6.61 Å². The first-order chi connectivity index (χ1) is 8.75. The second-order valence-corrected chi connectivity index (χ2v) is 5.30. The molecule has 0 aliphatic heterocycles. The van der Waals surface area contributed by atoms with Gasteiger partial charge in [-0.05, 0) is 33.8 Å². The number of carbonyl (C=O) groups excluding carboxylic acids is 1. The van der Waals surface area contributed by atoms with Crippen molar-refractivity contribution in [1.29, 1.82) is 0 Å². The molecule has 0 aliphatic rings. The first kappa shape index (κ1) is 15.8. The van der Waals surface area contributed by atoms with Crippen LogP contribution in [0.5, 0.6) is 0 Å². The Bertz CT molecular complexity index is 354. The van der Waals surface area contributed by atoms with E-state index in [0.29, 0.717) is 31.3 Å². The normalized spacial score (nSPS) is 10.8. The first-order valence-corrected chi connectivity index (χ1v) is 7.33. The van der Waals surface area contributed by atoms with Crippen molar-refractivity contribution in [2.75, 3.05) is 40.1 Å². The Kier molecular flexibility index (Phi) is 8.45. The number of carbonyl (C=O) groups is 1. The van der Waals surface area contributed by atoms with E-state index in [9.17, 15) is 4.79 Å². The van der Waals surface area contributed by atoms with Gasteiger partial charge in [0.05, 0.1) is 18.1 Å². The lowest BCUT2D eigenvalue weighted by atomic mass is 10.3. The average molecular weight is 337 g/mol. The smallest absolute Gasteiger partial charge is 0.199 e. The fourth-order valence-electron chi connectivity index (χ4n) is 1.25. The highest BCUT2D eigenvalue weighted by Gasteiger charge is 2.11. The molecule has 0 saturated heterocycles. The summed E-state index contributed by atoms with van der Waals surface area (Å²) < 4.78 is 16.3. The molecule has 102 valence electrons. The molecule has 0 spiro atoms. The van der Waals surface area contributed by atoms with E-state index in [2.05, 4.69) is 15.9 Å². The van der Waals surface area contributed by atoms with E-state index in [0.717, 1.165) is 10.9 Å². The summed E-state index contributed by atoms with van der Waals surface area (Å²) in [5.74, 6) is -0.00346. The number of thiophene rings is 1. The summed E-state index contributed by atoms with van der Waals surface area (Å²) in [5, 5.41) is 1.87. The van der Waals surface area contributed by atoms with Gasteiger partial charge in [-0.1, -0.05) is 0 Å². The minimum absolute atomic E-state index is 0.00346. The lowest BCUT2D eigenvalue weighted by molar-refractivity contribution is 0.0383. The largest absolute Gasteiger partial charge is 0.385 e. The molecule has 18 heavy (non-hydrogen) atoms. The van der Waals surface area contributed by atoms with Crippen LogP contribution in [-0.2, 0) is 14.2 Å². The van der Waals surface area contributed by atoms with Crippen molar-refractivity contribution in [3.8, 4) is 0 Å². The maximum absolute atomic E-state index is 11.7. The zero-order valence-corrected chi connectivity index (χ0v) is 12.7. The van der Waals surface area contributed by atoms with E-state index >= 15 is 0 Å². The molecule has 0 aliphatic carbocycles. The number of methoxy groups -OCH3 is 1. The van der Waals surface area contributed by atoms with Crippen LogP contribution in [0.3, 0.4) is 0 Å². The van der Waals surface area contributed by atoms with Gasteiger partial charge in [-0.25, -0.2) is 0 Å². The van der Waals surface area contributed by atoms with Gasteiger partial charge in [0, 0.05) is 24.8 Å². The fourth-order valence-corrected chi connectivity index (χ4v) is 2.77. The first-order valence-electron chi connectivity index (χ1n) is 5.66. The zero-order chi connectivity index (χ0) is 13.2. The molecule has 4 nitrogen and oxygen atoms in total. The quantitative estimate of drug-likeness (QED) is 0.486. The van der Waals surface area contributed by atoms with Gasteiger partial charge < -0.3 is 14.2 Å². The van der Waals surface area contributed by atoms with Gasteiger partial charge >= 0.3 is 0 Å². The second-order valence-electron chi connectivity index (χ2n) is 3.53. The van der Waals surface area contributed by atoms with Crippen LogP contribution in [0.25, 0.3) is 0 Å². The zero-order valence-electron chi connectivity index (χ0n) is 10.3. The monoisotopic (exact) mass is 336 g/mol. The number of hydrogen-bond acceptors (Lipinski definition) is 5. The van der Waals surface area contributed by atoms with Gasteiger partial charge in [0.2, 0.25) is 0 Å². The third-order valence-electron chi connectivity index (χ3n) is 2.11. The van der Waals surface area contributed by atoms with Crippen molar-refractivity contribution < 1.29 is 19.0 Å². The van der Waals surface area contributed by atoms with Gasteiger partial charge in [-0.15, -0.1) is 11.3 Å². The summed E-state index contributed by atoms with van der Waals surface area (Å²) in [6.07, 6.45) is 0.873. The van der Waals surface area contributed by atoms with Crippen molar-refractivity contribution in [3.63, 3.8) is 0 Å². The van der Waals surface area contributed by atoms with Gasteiger partial charge in [-0.3, -0.25) is 4.79 Å². The fraction of sp³-hybridized carbons (Fsp3) is 0.583. The summed E-state index contributed by atoms with van der Waals surface area (Å²) in [5.41, 5.74) is 0. The molecule has 6 heteroatoms. The molecule has 1 rings (SSSR count). The number of halogens is 1. The summed E-state index contributed by atoms with van der Waals surface area (Å²) >= 11 is 4.74. The lowest BCUT2D eigenvalue weighted by Crippen LogP contribution is -2.12. The minimum atomic E-state index is -0.00346. The Labute approximate surface area is 119 Å². The summed E-state index contributed by atoms with van der Waals surface area (Å²) in [6.45, 7) is 2.39. The van der Waals surface area contributed by atoms with Crippen molar-refractivity contribution in [1.82, 2.24) is 0 Å². The van der Waals surface area contributed by atoms with Gasteiger partial charge in [0.15, 0.2) is 5.78 Å². The van der Waals surface area contributed by atoms with Crippen molar-refractivity contribution >= 4 is 33.0 Å². The van der Waals surface area contributed by atoms with E-state index in [1.54, 1.807) is 7.11 Å². The minimum Gasteiger partial charge on any atom is -0.385 e. The lowest BCUT2D eigenvalue weighted by Gasteiger charge is -2.05. The molecule has 1 aromatic rings. The van der Waals surface area contributed by atoms with E-state index in [-0.39, 0.29) is 12.4 Å². The molecule has 1 aromatic heterocycles. The Morgan fingerprint density at radius 2 is 2.06 bits per heavy atom. The Morgan fingerprint density at radius 3 is 2.72 bits per heavy atom. The Balaban J connectivity index is 2.01. The Hall–Kier alpha value is -0.270. The van der Waals surface area contributed by atoms with E-state index in [1.807, 2.05) is 11.4 Å².